The molecule has 0 unspecified atom stereocenters. The van der Waals surface area contributed by atoms with Crippen LogP contribution in [0.3, 0.4) is 0 Å². The number of hydrogen-bond donors (Lipinski definition) is 4. The van der Waals surface area contributed by atoms with Crippen molar-refractivity contribution in [3.63, 3.8) is 0 Å². The van der Waals surface area contributed by atoms with Crippen LogP contribution >= 0.6 is 0 Å². The number of rotatable bonds is 7. The number of phenols is 1. The normalized spacial score (nSPS) is 32.9. The molecule has 1 amide bonds. The lowest BCUT2D eigenvalue weighted by Gasteiger charge is -2.61. The van der Waals surface area contributed by atoms with Gasteiger partial charge in [0, 0.05) is 24.6 Å². The molecule has 2 aliphatic carbocycles. The maximum absolute atomic E-state index is 13.0. The molecule has 3 heterocycles. The number of carbonyl (C=O) groups is 3. The van der Waals surface area contributed by atoms with E-state index < -0.39 is 35.2 Å². The van der Waals surface area contributed by atoms with Gasteiger partial charge in [0.15, 0.2) is 23.7 Å². The molecule has 39 heavy (non-hydrogen) atoms. The molecular formula is C28H35N3O8. The van der Waals surface area contributed by atoms with E-state index in [-0.39, 0.29) is 48.9 Å². The van der Waals surface area contributed by atoms with Crippen LogP contribution in [0, 0.1) is 0 Å². The molecule has 0 radical (unpaired) electrons. The molecule has 1 spiro atoms. The Hall–Kier alpha value is -3.15. The number of ether oxygens (including phenoxy) is 3. The number of piperidine rings is 1. The van der Waals surface area contributed by atoms with Gasteiger partial charge in [-0.2, -0.15) is 0 Å². The van der Waals surface area contributed by atoms with E-state index >= 15 is 0 Å². The topological polar surface area (TPSA) is 147 Å². The second kappa shape index (κ2) is 9.50. The summed E-state index contributed by atoms with van der Waals surface area (Å²) in [6.07, 6.45) is 2.76. The maximum Gasteiger partial charge on any atom is 0.352 e. The molecule has 0 saturated carbocycles. The van der Waals surface area contributed by atoms with Gasteiger partial charge in [-0.25, -0.2) is 4.79 Å². The molecule has 11 nitrogen and oxygen atoms in total. The second-order valence-electron chi connectivity index (χ2n) is 11.3. The summed E-state index contributed by atoms with van der Waals surface area (Å²) < 4.78 is 17.3. The Labute approximate surface area is 226 Å². The molecular weight excluding hydrogens is 506 g/mol. The van der Waals surface area contributed by atoms with Crippen LogP contribution < -0.4 is 15.4 Å². The SMILES string of the molecule is C[C@H](OC(=O)CCNC(=O)[C@@H]1CCCN1)C(=O)OC1=CC[C@@]2(O)[C@H]3Cc4ccc(O)c5c4[C@@]2(CCN3C)[C@H]1O5. The summed E-state index contributed by atoms with van der Waals surface area (Å²) >= 11 is 0. The van der Waals surface area contributed by atoms with Gasteiger partial charge < -0.3 is 40.0 Å². The maximum atomic E-state index is 13.0. The predicted molar refractivity (Wildman–Crippen MR) is 137 cm³/mol. The van der Waals surface area contributed by atoms with Gasteiger partial charge in [0.25, 0.3) is 0 Å². The summed E-state index contributed by atoms with van der Waals surface area (Å²) in [4.78, 5) is 39.6. The Balaban J connectivity index is 1.14. The van der Waals surface area contributed by atoms with Gasteiger partial charge in [0.1, 0.15) is 5.76 Å². The number of phenolic OH excluding ortho intramolecular Hbond substituents is 1. The van der Waals surface area contributed by atoms with E-state index in [9.17, 15) is 24.6 Å². The number of benzene rings is 1. The number of carbonyl (C=O) groups excluding carboxylic acids is 3. The quantitative estimate of drug-likeness (QED) is 0.358. The lowest BCUT2D eigenvalue weighted by molar-refractivity contribution is -0.175. The number of likely N-dealkylation sites (N-methyl/N-ethyl adjacent to an activating group) is 1. The van der Waals surface area contributed by atoms with Crippen molar-refractivity contribution in [3.8, 4) is 11.5 Å². The molecule has 210 valence electrons. The fourth-order valence-electron chi connectivity index (χ4n) is 7.26. The van der Waals surface area contributed by atoms with Crippen LogP contribution in [0.2, 0.25) is 0 Å². The molecule has 0 aromatic heterocycles. The number of nitrogens with zero attached hydrogens (tertiary/aromatic N) is 1. The number of likely N-dealkylation sites (tertiary alicyclic amines) is 1. The third kappa shape index (κ3) is 3.93. The monoisotopic (exact) mass is 541 g/mol. The summed E-state index contributed by atoms with van der Waals surface area (Å²) in [5.41, 5.74) is -0.224. The van der Waals surface area contributed by atoms with Gasteiger partial charge in [0.05, 0.1) is 23.5 Å². The van der Waals surface area contributed by atoms with Gasteiger partial charge in [-0.15, -0.1) is 0 Å². The third-order valence-electron chi connectivity index (χ3n) is 9.22. The number of aromatic hydroxyl groups is 1. The minimum Gasteiger partial charge on any atom is -0.504 e. The van der Waals surface area contributed by atoms with Crippen molar-refractivity contribution >= 4 is 17.8 Å². The molecule has 2 saturated heterocycles. The number of amides is 1. The van der Waals surface area contributed by atoms with Crippen LogP contribution in [0.5, 0.6) is 11.5 Å². The first-order chi connectivity index (χ1) is 18.7. The Kier molecular flexibility index (Phi) is 6.35. The van der Waals surface area contributed by atoms with Gasteiger partial charge >= 0.3 is 11.9 Å². The summed E-state index contributed by atoms with van der Waals surface area (Å²) in [6, 6.07) is 3.10. The summed E-state index contributed by atoms with van der Waals surface area (Å²) in [5, 5.41) is 28.6. The molecule has 1 aromatic rings. The molecule has 5 aliphatic rings. The van der Waals surface area contributed by atoms with E-state index in [1.54, 1.807) is 12.1 Å². The van der Waals surface area contributed by atoms with E-state index in [4.69, 9.17) is 14.2 Å². The van der Waals surface area contributed by atoms with Crippen molar-refractivity contribution in [1.82, 2.24) is 15.5 Å². The van der Waals surface area contributed by atoms with Crippen molar-refractivity contribution in [2.45, 2.75) is 80.8 Å². The summed E-state index contributed by atoms with van der Waals surface area (Å²) in [6.45, 7) is 3.05. The van der Waals surface area contributed by atoms with Crippen LogP contribution in [0.25, 0.3) is 0 Å². The van der Waals surface area contributed by atoms with Crippen molar-refractivity contribution in [1.29, 1.82) is 0 Å². The average molecular weight is 542 g/mol. The highest BCUT2D eigenvalue weighted by molar-refractivity contribution is 5.83. The van der Waals surface area contributed by atoms with Crippen molar-refractivity contribution in [2.75, 3.05) is 26.7 Å². The minimum absolute atomic E-state index is 0.0129. The molecule has 1 aromatic carbocycles. The molecule has 6 atom stereocenters. The van der Waals surface area contributed by atoms with Crippen LogP contribution in [-0.4, -0.2) is 89.5 Å². The molecule has 2 bridgehead atoms. The third-order valence-corrected chi connectivity index (χ3v) is 9.22. The number of nitrogens with one attached hydrogen (secondary N) is 2. The smallest absolute Gasteiger partial charge is 0.352 e. The largest absolute Gasteiger partial charge is 0.504 e. The van der Waals surface area contributed by atoms with Crippen molar-refractivity contribution < 1.29 is 38.8 Å². The highest BCUT2D eigenvalue weighted by Crippen LogP contribution is 2.65. The van der Waals surface area contributed by atoms with E-state index in [2.05, 4.69) is 15.5 Å². The van der Waals surface area contributed by atoms with E-state index in [1.165, 1.54) is 6.92 Å². The minimum atomic E-state index is -1.19. The summed E-state index contributed by atoms with van der Waals surface area (Å²) in [5.74, 6) is -0.982. The molecule has 11 heteroatoms. The first-order valence-corrected chi connectivity index (χ1v) is 13.7. The Morgan fingerprint density at radius 1 is 1.33 bits per heavy atom. The highest BCUT2D eigenvalue weighted by Gasteiger charge is 2.72. The van der Waals surface area contributed by atoms with E-state index in [0.717, 1.165) is 30.5 Å². The highest BCUT2D eigenvalue weighted by atomic mass is 16.6. The number of hydrogen-bond acceptors (Lipinski definition) is 10. The van der Waals surface area contributed by atoms with Crippen LogP contribution in [0.4, 0.5) is 0 Å². The lowest BCUT2D eigenvalue weighted by atomic mass is 9.50. The molecule has 6 rings (SSSR count). The fraction of sp³-hybridized carbons (Fsp3) is 0.607. The van der Waals surface area contributed by atoms with Gasteiger partial charge in [-0.3, -0.25) is 9.59 Å². The van der Waals surface area contributed by atoms with Crippen molar-refractivity contribution in [2.24, 2.45) is 0 Å². The number of aliphatic hydroxyl groups is 1. The van der Waals surface area contributed by atoms with Gasteiger partial charge in [0.2, 0.25) is 5.91 Å². The molecule has 4 N–H and O–H groups in total. The van der Waals surface area contributed by atoms with Gasteiger partial charge in [-0.1, -0.05) is 6.07 Å². The predicted octanol–water partition coefficient (Wildman–Crippen LogP) is 0.403. The zero-order valence-electron chi connectivity index (χ0n) is 22.2. The Morgan fingerprint density at radius 2 is 2.15 bits per heavy atom. The number of esters is 2. The second-order valence-corrected chi connectivity index (χ2v) is 11.3. The molecule has 2 fully saturated rings. The van der Waals surface area contributed by atoms with E-state index in [0.29, 0.717) is 25.1 Å². The fourth-order valence-corrected chi connectivity index (χ4v) is 7.26. The zero-order valence-corrected chi connectivity index (χ0v) is 22.2. The Bertz CT molecular complexity index is 1240. The standard InChI is InChI=1S/C28H35N3O8/c1-15(37-21(33)8-12-30-25(34)17-4-3-11-29-17)26(35)38-19-7-9-28(36)20-14-16-5-6-18(32)23-22(16)27(28,24(19)39-23)10-13-31(20)2/h5-7,15,17,20,24,29,32,36H,3-4,8-14H2,1-2H3,(H,30,34)/t15-,17-,20+,24-,27-,28+/m0/s1. The zero-order chi connectivity index (χ0) is 27.5. The van der Waals surface area contributed by atoms with Crippen LogP contribution in [0.1, 0.15) is 50.2 Å². The van der Waals surface area contributed by atoms with Crippen molar-refractivity contribution in [3.05, 3.63) is 35.1 Å². The van der Waals surface area contributed by atoms with E-state index in [1.807, 2.05) is 13.1 Å². The van der Waals surface area contributed by atoms with Crippen LogP contribution in [-0.2, 0) is 35.7 Å². The first-order valence-electron chi connectivity index (χ1n) is 13.7. The Morgan fingerprint density at radius 3 is 2.92 bits per heavy atom. The lowest BCUT2D eigenvalue weighted by Crippen LogP contribution is -2.74. The van der Waals surface area contributed by atoms with Gasteiger partial charge in [-0.05, 0) is 70.5 Å². The molecule has 3 aliphatic heterocycles. The summed E-state index contributed by atoms with van der Waals surface area (Å²) in [7, 11) is 2.00. The first kappa shape index (κ1) is 26.1. The average Bonchev–Trinajstić information content (AvgIpc) is 3.56. The van der Waals surface area contributed by atoms with Crippen LogP contribution in [0.15, 0.2) is 24.0 Å².